The number of anilines is 3. The van der Waals surface area contributed by atoms with Gasteiger partial charge in [0.05, 0.1) is 17.4 Å². The van der Waals surface area contributed by atoms with E-state index in [2.05, 4.69) is 15.0 Å². The molecule has 0 bridgehead atoms. The van der Waals surface area contributed by atoms with E-state index in [1.54, 1.807) is 30.3 Å². The predicted molar refractivity (Wildman–Crippen MR) is 141 cm³/mol. The number of aliphatic carboxylic acids is 1. The second-order valence-electron chi connectivity index (χ2n) is 8.67. The Kier molecular flexibility index (Phi) is 8.02. The second kappa shape index (κ2) is 11.3. The van der Waals surface area contributed by atoms with Gasteiger partial charge in [-0.1, -0.05) is 30.3 Å². The van der Waals surface area contributed by atoms with Gasteiger partial charge in [-0.05, 0) is 47.0 Å². The summed E-state index contributed by atoms with van der Waals surface area (Å²) in [5.41, 5.74) is -1.28. The number of nitrogens with zero attached hydrogens (tertiary/aromatic N) is 1. The molecule has 208 valence electrons. The van der Waals surface area contributed by atoms with Gasteiger partial charge in [-0.3, -0.25) is 19.4 Å². The molecule has 40 heavy (non-hydrogen) atoms. The molecule has 3 aromatic carbocycles. The molecule has 1 heterocycles. The van der Waals surface area contributed by atoms with E-state index in [4.69, 9.17) is 0 Å². The van der Waals surface area contributed by atoms with E-state index in [1.165, 1.54) is 42.7 Å². The number of carbonyl (C=O) groups is 1. The maximum atomic E-state index is 13.2. The van der Waals surface area contributed by atoms with E-state index < -0.39 is 57.7 Å². The summed E-state index contributed by atoms with van der Waals surface area (Å²) in [5, 5.41) is 13.8. The fraction of sp³-hybridized carbons (Fsp3) is 0.154. The fourth-order valence-corrected chi connectivity index (χ4v) is 5.14. The smallest absolute Gasteiger partial charge is 0.405 e. The number of carboxylic acids is 1. The largest absolute Gasteiger partial charge is 0.481 e. The minimum atomic E-state index is -4.59. The minimum Gasteiger partial charge on any atom is -0.481 e. The van der Waals surface area contributed by atoms with Gasteiger partial charge < -0.3 is 15.7 Å². The van der Waals surface area contributed by atoms with Crippen molar-refractivity contribution in [1.82, 2.24) is 9.71 Å². The molecule has 0 amide bonds. The first-order chi connectivity index (χ1) is 18.8. The Bertz CT molecular complexity index is 1720. The van der Waals surface area contributed by atoms with Crippen molar-refractivity contribution >= 4 is 33.1 Å². The predicted octanol–water partition coefficient (Wildman–Crippen LogP) is 3.56. The molecule has 4 aromatic rings. The van der Waals surface area contributed by atoms with Crippen LogP contribution < -0.4 is 26.2 Å². The molecule has 1 unspecified atom stereocenters. The molecule has 1 atom stereocenters. The van der Waals surface area contributed by atoms with Gasteiger partial charge in [0.25, 0.3) is 10.9 Å². The van der Waals surface area contributed by atoms with Crippen LogP contribution in [0.15, 0.2) is 87.5 Å². The van der Waals surface area contributed by atoms with Crippen molar-refractivity contribution in [2.45, 2.75) is 23.5 Å². The second-order valence-corrected chi connectivity index (χ2v) is 10.4. The van der Waals surface area contributed by atoms with Gasteiger partial charge in [0.1, 0.15) is 17.9 Å². The lowest BCUT2D eigenvalue weighted by Gasteiger charge is -2.18. The highest BCUT2D eigenvalue weighted by Gasteiger charge is 2.30. The molecule has 1 aromatic heterocycles. The van der Waals surface area contributed by atoms with E-state index in [9.17, 15) is 41.1 Å². The number of halogens is 3. The highest BCUT2D eigenvalue weighted by molar-refractivity contribution is 7.89. The Morgan fingerprint density at radius 1 is 0.950 bits per heavy atom. The number of sulfonamides is 1. The summed E-state index contributed by atoms with van der Waals surface area (Å²) in [6.07, 6.45) is -2.28. The zero-order valence-corrected chi connectivity index (χ0v) is 21.2. The summed E-state index contributed by atoms with van der Waals surface area (Å²) >= 11 is 0. The highest BCUT2D eigenvalue weighted by atomic mass is 32.2. The van der Waals surface area contributed by atoms with E-state index in [-0.39, 0.29) is 16.3 Å². The van der Waals surface area contributed by atoms with Crippen LogP contribution in [0.2, 0.25) is 0 Å². The Balaban J connectivity index is 1.58. The number of alkyl halides is 3. The summed E-state index contributed by atoms with van der Waals surface area (Å²) < 4.78 is 66.4. The maximum absolute atomic E-state index is 13.2. The average Bonchev–Trinajstić information content (AvgIpc) is 2.91. The molecule has 0 saturated carbocycles. The zero-order chi connectivity index (χ0) is 29.1. The summed E-state index contributed by atoms with van der Waals surface area (Å²) in [6.45, 7) is -1.49. The van der Waals surface area contributed by atoms with Crippen LogP contribution in [0.5, 0.6) is 0 Å². The maximum Gasteiger partial charge on any atom is 0.405 e. The molecule has 4 N–H and O–H groups in total. The summed E-state index contributed by atoms with van der Waals surface area (Å²) in [5.74, 6) is -1.21. The minimum absolute atomic E-state index is 0.149. The number of carboxylic acid groups (broad SMARTS) is 1. The van der Waals surface area contributed by atoms with Gasteiger partial charge in [0.15, 0.2) is 0 Å². The van der Waals surface area contributed by atoms with Crippen molar-refractivity contribution in [2.75, 3.05) is 17.2 Å². The van der Waals surface area contributed by atoms with Crippen LogP contribution in [0.4, 0.5) is 30.2 Å². The molecule has 0 aliphatic rings. The van der Waals surface area contributed by atoms with Crippen molar-refractivity contribution in [1.29, 1.82) is 0 Å². The van der Waals surface area contributed by atoms with Crippen LogP contribution in [-0.2, 0) is 14.8 Å². The SMILES string of the molecule is O=C(O)CC(NS(=O)(=O)c1cccc(-c2cccc(Nc3c(NCC(F)(F)F)c(=O)c3=O)c2)c1)c1cccnc1. The van der Waals surface area contributed by atoms with Crippen molar-refractivity contribution in [3.8, 4) is 11.1 Å². The first kappa shape index (κ1) is 28.4. The van der Waals surface area contributed by atoms with Crippen LogP contribution in [0, 0.1) is 0 Å². The third-order valence-electron chi connectivity index (χ3n) is 5.75. The number of nitrogens with one attached hydrogen (secondary N) is 3. The number of hydrogen-bond donors (Lipinski definition) is 4. The molecular formula is C26H21F3N4O6S. The van der Waals surface area contributed by atoms with Gasteiger partial charge in [-0.2, -0.15) is 13.2 Å². The van der Waals surface area contributed by atoms with E-state index in [0.717, 1.165) is 0 Å². The van der Waals surface area contributed by atoms with Crippen molar-refractivity contribution in [3.05, 3.63) is 99.1 Å². The highest BCUT2D eigenvalue weighted by Crippen LogP contribution is 2.29. The monoisotopic (exact) mass is 574 g/mol. The molecule has 0 aliphatic heterocycles. The number of rotatable bonds is 11. The number of aromatic nitrogens is 1. The Hall–Kier alpha value is -4.56. The lowest BCUT2D eigenvalue weighted by Crippen LogP contribution is -2.38. The number of pyridine rings is 1. The molecule has 0 spiro atoms. The molecule has 4 rings (SSSR count). The van der Waals surface area contributed by atoms with Gasteiger partial charge in [0.2, 0.25) is 10.0 Å². The summed E-state index contributed by atoms with van der Waals surface area (Å²) in [6, 6.07) is 14.0. The van der Waals surface area contributed by atoms with Crippen LogP contribution in [0.25, 0.3) is 11.1 Å². The first-order valence-corrected chi connectivity index (χ1v) is 13.1. The Labute approximate surface area is 225 Å². The van der Waals surface area contributed by atoms with Gasteiger partial charge >= 0.3 is 12.1 Å². The topological polar surface area (TPSA) is 155 Å². The van der Waals surface area contributed by atoms with E-state index >= 15 is 0 Å². The number of hydrogen-bond acceptors (Lipinski definition) is 8. The first-order valence-electron chi connectivity index (χ1n) is 11.6. The summed E-state index contributed by atoms with van der Waals surface area (Å²) in [4.78, 5) is 38.8. The van der Waals surface area contributed by atoms with Crippen LogP contribution in [-0.4, -0.2) is 37.2 Å². The van der Waals surface area contributed by atoms with Gasteiger partial charge in [-0.15, -0.1) is 0 Å². The van der Waals surface area contributed by atoms with Crippen LogP contribution >= 0.6 is 0 Å². The quantitative estimate of drug-likeness (QED) is 0.197. The third kappa shape index (κ3) is 6.71. The van der Waals surface area contributed by atoms with Crippen LogP contribution in [0.1, 0.15) is 18.0 Å². The van der Waals surface area contributed by atoms with Crippen molar-refractivity contribution in [2.24, 2.45) is 0 Å². The lowest BCUT2D eigenvalue weighted by molar-refractivity contribution is -0.137. The molecular weight excluding hydrogens is 553 g/mol. The third-order valence-corrected chi connectivity index (χ3v) is 7.22. The Morgan fingerprint density at radius 2 is 1.62 bits per heavy atom. The van der Waals surface area contributed by atoms with Crippen LogP contribution in [0.3, 0.4) is 0 Å². The molecule has 10 nitrogen and oxygen atoms in total. The van der Waals surface area contributed by atoms with Crippen molar-refractivity contribution in [3.63, 3.8) is 0 Å². The average molecular weight is 575 g/mol. The van der Waals surface area contributed by atoms with Crippen molar-refractivity contribution < 1.29 is 31.5 Å². The van der Waals surface area contributed by atoms with Gasteiger partial charge in [0, 0.05) is 18.1 Å². The van der Waals surface area contributed by atoms with Gasteiger partial charge in [-0.25, -0.2) is 13.1 Å². The Morgan fingerprint density at radius 3 is 2.27 bits per heavy atom. The fourth-order valence-electron chi connectivity index (χ4n) is 3.87. The van der Waals surface area contributed by atoms with E-state index in [0.29, 0.717) is 16.7 Å². The lowest BCUT2D eigenvalue weighted by atomic mass is 10.0. The molecule has 0 saturated heterocycles. The molecule has 0 fully saturated rings. The number of benzene rings is 2. The zero-order valence-electron chi connectivity index (χ0n) is 20.4. The standard InChI is InChI=1S/C26H21F3N4O6S/c27-26(28,29)14-31-22-23(25(37)24(22)36)32-18-7-1-4-15(10-18)16-5-2-8-19(11-16)40(38,39)33-20(12-21(34)35)17-6-3-9-30-13-17/h1-11,13,20,31-33H,12,14H2,(H,34,35). The summed E-state index contributed by atoms with van der Waals surface area (Å²) in [7, 11) is -4.19. The molecule has 14 heteroatoms. The molecule has 0 radical (unpaired) electrons. The molecule has 0 aliphatic carbocycles. The normalized spacial score (nSPS) is 12.7. The van der Waals surface area contributed by atoms with E-state index in [1.807, 2.05) is 5.32 Å².